The van der Waals surface area contributed by atoms with E-state index >= 15 is 0 Å². The van der Waals surface area contributed by atoms with Crippen molar-refractivity contribution >= 4 is 11.7 Å². The Morgan fingerprint density at radius 1 is 1.21 bits per heavy atom. The van der Waals surface area contributed by atoms with E-state index in [1.165, 1.54) is 0 Å². The normalized spacial score (nSPS) is 15.7. The Bertz CT molecular complexity index is 1030. The van der Waals surface area contributed by atoms with Crippen molar-refractivity contribution in [3.8, 4) is 17.2 Å². The molecule has 6 nitrogen and oxygen atoms in total. The van der Waals surface area contributed by atoms with Crippen molar-refractivity contribution < 1.29 is 14.3 Å². The Balaban J connectivity index is 1.78. The fourth-order valence-electron chi connectivity index (χ4n) is 3.68. The molecule has 28 heavy (non-hydrogen) atoms. The van der Waals surface area contributed by atoms with Crippen LogP contribution in [0.15, 0.2) is 48.7 Å². The number of anilines is 1. The van der Waals surface area contributed by atoms with E-state index in [0.717, 1.165) is 28.2 Å². The van der Waals surface area contributed by atoms with Gasteiger partial charge < -0.3 is 14.8 Å². The lowest BCUT2D eigenvalue weighted by Gasteiger charge is -2.24. The maximum Gasteiger partial charge on any atom is 0.226 e. The van der Waals surface area contributed by atoms with Crippen LogP contribution >= 0.6 is 0 Å². The van der Waals surface area contributed by atoms with E-state index in [1.807, 2.05) is 62.5 Å². The maximum absolute atomic E-state index is 12.5. The zero-order valence-corrected chi connectivity index (χ0v) is 16.2. The van der Waals surface area contributed by atoms with Gasteiger partial charge in [0.05, 0.1) is 25.6 Å². The van der Waals surface area contributed by atoms with Gasteiger partial charge in [-0.1, -0.05) is 24.3 Å². The first-order valence-electron chi connectivity index (χ1n) is 9.37. The topological polar surface area (TPSA) is 65.4 Å². The highest BCUT2D eigenvalue weighted by Crippen LogP contribution is 2.41. The van der Waals surface area contributed by atoms with Gasteiger partial charge in [0.25, 0.3) is 0 Å². The molecule has 144 valence electrons. The Kier molecular flexibility index (Phi) is 4.77. The lowest BCUT2D eigenvalue weighted by atomic mass is 9.87. The predicted octanol–water partition coefficient (Wildman–Crippen LogP) is 4.06. The van der Waals surface area contributed by atoms with Crippen LogP contribution < -0.4 is 14.8 Å². The van der Waals surface area contributed by atoms with Gasteiger partial charge in [0.2, 0.25) is 5.91 Å². The third-order valence-electron chi connectivity index (χ3n) is 5.05. The SMILES string of the molecule is CCOc1ccc(C2CC(=O)Nc3c2cnn3-c2ccccc2C)cc1OC. The van der Waals surface area contributed by atoms with Gasteiger partial charge in [-0.05, 0) is 43.2 Å². The van der Waals surface area contributed by atoms with Crippen LogP contribution in [0.5, 0.6) is 11.5 Å². The zero-order valence-electron chi connectivity index (χ0n) is 16.2. The van der Waals surface area contributed by atoms with Crippen LogP contribution in [0, 0.1) is 6.92 Å². The minimum absolute atomic E-state index is 0.0271. The molecule has 2 heterocycles. The molecule has 1 aliphatic heterocycles. The number of amides is 1. The first-order valence-corrected chi connectivity index (χ1v) is 9.37. The van der Waals surface area contributed by atoms with Gasteiger partial charge in [0.15, 0.2) is 11.5 Å². The molecule has 4 rings (SSSR count). The molecule has 0 saturated heterocycles. The number of carbonyl (C=O) groups is 1. The van der Waals surface area contributed by atoms with Gasteiger partial charge in [-0.25, -0.2) is 4.68 Å². The summed E-state index contributed by atoms with van der Waals surface area (Å²) in [6.45, 7) is 4.53. The molecule has 0 bridgehead atoms. The van der Waals surface area contributed by atoms with E-state index in [0.29, 0.717) is 24.5 Å². The largest absolute Gasteiger partial charge is 0.493 e. The number of fused-ring (bicyclic) bond motifs is 1. The van der Waals surface area contributed by atoms with Crippen molar-refractivity contribution in [2.45, 2.75) is 26.2 Å². The van der Waals surface area contributed by atoms with Gasteiger partial charge in [0, 0.05) is 17.9 Å². The molecule has 1 unspecified atom stereocenters. The first kappa shape index (κ1) is 18.1. The average Bonchev–Trinajstić information content (AvgIpc) is 3.12. The number of nitrogens with one attached hydrogen (secondary N) is 1. The number of aromatic nitrogens is 2. The van der Waals surface area contributed by atoms with Gasteiger partial charge >= 0.3 is 0 Å². The maximum atomic E-state index is 12.5. The molecule has 3 aromatic rings. The number of carbonyl (C=O) groups excluding carboxylic acids is 1. The lowest BCUT2D eigenvalue weighted by Crippen LogP contribution is -2.24. The average molecular weight is 377 g/mol. The summed E-state index contributed by atoms with van der Waals surface area (Å²) >= 11 is 0. The number of methoxy groups -OCH3 is 1. The second-order valence-corrected chi connectivity index (χ2v) is 6.80. The summed E-state index contributed by atoms with van der Waals surface area (Å²) in [6.07, 6.45) is 2.21. The highest BCUT2D eigenvalue weighted by atomic mass is 16.5. The summed E-state index contributed by atoms with van der Waals surface area (Å²) in [4.78, 5) is 12.5. The molecule has 1 aromatic heterocycles. The van der Waals surface area contributed by atoms with Crippen molar-refractivity contribution in [2.24, 2.45) is 0 Å². The smallest absolute Gasteiger partial charge is 0.226 e. The monoisotopic (exact) mass is 377 g/mol. The number of nitrogens with zero attached hydrogens (tertiary/aromatic N) is 2. The number of rotatable bonds is 5. The highest BCUT2D eigenvalue weighted by molar-refractivity contribution is 5.94. The second kappa shape index (κ2) is 7.38. The molecule has 2 aromatic carbocycles. The molecule has 1 amide bonds. The molecule has 6 heteroatoms. The van der Waals surface area contributed by atoms with Crippen LogP contribution in [-0.2, 0) is 4.79 Å². The van der Waals surface area contributed by atoms with Crippen molar-refractivity contribution in [3.63, 3.8) is 0 Å². The van der Waals surface area contributed by atoms with Gasteiger partial charge in [-0.3, -0.25) is 4.79 Å². The van der Waals surface area contributed by atoms with E-state index in [1.54, 1.807) is 11.8 Å². The molecule has 0 aliphatic carbocycles. The predicted molar refractivity (Wildman–Crippen MR) is 108 cm³/mol. The summed E-state index contributed by atoms with van der Waals surface area (Å²) in [6, 6.07) is 13.8. The van der Waals surface area contributed by atoms with Crippen LogP contribution in [0.1, 0.15) is 36.0 Å². The van der Waals surface area contributed by atoms with Crippen LogP contribution in [-0.4, -0.2) is 29.4 Å². The van der Waals surface area contributed by atoms with E-state index in [2.05, 4.69) is 10.4 Å². The molecular weight excluding hydrogens is 354 g/mol. The zero-order chi connectivity index (χ0) is 19.7. The molecule has 0 radical (unpaired) electrons. The van der Waals surface area contributed by atoms with E-state index in [4.69, 9.17) is 9.47 Å². The van der Waals surface area contributed by atoms with Crippen molar-refractivity contribution in [3.05, 3.63) is 65.4 Å². The van der Waals surface area contributed by atoms with Crippen LogP contribution in [0.25, 0.3) is 5.69 Å². The Hall–Kier alpha value is -3.28. The second-order valence-electron chi connectivity index (χ2n) is 6.80. The van der Waals surface area contributed by atoms with Crippen LogP contribution in [0.2, 0.25) is 0 Å². The minimum Gasteiger partial charge on any atom is -0.493 e. The van der Waals surface area contributed by atoms with Crippen molar-refractivity contribution in [2.75, 3.05) is 19.0 Å². The van der Waals surface area contributed by atoms with Gasteiger partial charge in [-0.2, -0.15) is 5.10 Å². The molecular formula is C22H23N3O3. The van der Waals surface area contributed by atoms with E-state index < -0.39 is 0 Å². The van der Waals surface area contributed by atoms with Crippen molar-refractivity contribution in [1.29, 1.82) is 0 Å². The van der Waals surface area contributed by atoms with Crippen LogP contribution in [0.4, 0.5) is 5.82 Å². The summed E-state index contributed by atoms with van der Waals surface area (Å²) in [7, 11) is 1.62. The molecule has 0 fully saturated rings. The molecule has 1 aliphatic rings. The van der Waals surface area contributed by atoms with Crippen molar-refractivity contribution in [1.82, 2.24) is 9.78 Å². The summed E-state index contributed by atoms with van der Waals surface area (Å²) in [5.41, 5.74) is 4.04. The molecule has 1 N–H and O–H groups in total. The van der Waals surface area contributed by atoms with Crippen LogP contribution in [0.3, 0.4) is 0 Å². The Morgan fingerprint density at radius 2 is 2.04 bits per heavy atom. The van der Waals surface area contributed by atoms with Gasteiger partial charge in [0.1, 0.15) is 5.82 Å². The number of hydrogen-bond acceptors (Lipinski definition) is 4. The number of ether oxygens (including phenoxy) is 2. The molecule has 1 atom stereocenters. The molecule has 0 spiro atoms. The summed E-state index contributed by atoms with van der Waals surface area (Å²) in [5.74, 6) is 1.97. The molecule has 0 saturated carbocycles. The quantitative estimate of drug-likeness (QED) is 0.728. The number of aryl methyl sites for hydroxylation is 1. The third kappa shape index (κ3) is 3.11. The summed E-state index contributed by atoms with van der Waals surface area (Å²) in [5, 5.41) is 7.57. The van der Waals surface area contributed by atoms with Gasteiger partial charge in [-0.15, -0.1) is 0 Å². The minimum atomic E-state index is -0.0916. The first-order chi connectivity index (χ1) is 13.6. The lowest BCUT2D eigenvalue weighted by molar-refractivity contribution is -0.116. The number of benzene rings is 2. The summed E-state index contributed by atoms with van der Waals surface area (Å²) < 4.78 is 12.9. The fraction of sp³-hybridized carbons (Fsp3) is 0.273. The fourth-order valence-corrected chi connectivity index (χ4v) is 3.68. The third-order valence-corrected chi connectivity index (χ3v) is 5.05. The highest BCUT2D eigenvalue weighted by Gasteiger charge is 2.31. The van der Waals surface area contributed by atoms with E-state index in [-0.39, 0.29) is 11.8 Å². The number of para-hydroxylation sites is 1. The standard InChI is InChI=1S/C22H23N3O3/c1-4-28-19-10-9-15(11-20(19)27-3)16-12-21(26)24-22-17(16)13-23-25(22)18-8-6-5-7-14(18)2/h5-11,13,16H,4,12H2,1-3H3,(H,24,26). The number of hydrogen-bond donors (Lipinski definition) is 1. The Morgan fingerprint density at radius 3 is 2.79 bits per heavy atom. The Labute approximate surface area is 164 Å². The van der Waals surface area contributed by atoms with E-state index in [9.17, 15) is 4.79 Å².